The summed E-state index contributed by atoms with van der Waals surface area (Å²) in [6.45, 7) is 1.19. The number of benzene rings is 2. The Labute approximate surface area is 159 Å². The minimum absolute atomic E-state index is 0.0666. The molecule has 8 heteroatoms. The fourth-order valence-corrected chi connectivity index (χ4v) is 2.56. The van der Waals surface area contributed by atoms with Gasteiger partial charge in [0.15, 0.2) is 11.3 Å². The average molecular weight is 387 g/mol. The van der Waals surface area contributed by atoms with E-state index in [4.69, 9.17) is 20.8 Å². The minimum atomic E-state index is -0.650. The number of methoxy groups -OCH3 is 1. The van der Waals surface area contributed by atoms with Crippen molar-refractivity contribution in [2.24, 2.45) is 5.16 Å². The zero-order valence-corrected chi connectivity index (χ0v) is 15.2. The molecule has 1 amide bonds. The Bertz CT molecular complexity index is 1090. The summed E-state index contributed by atoms with van der Waals surface area (Å²) >= 11 is 6.09. The highest BCUT2D eigenvalue weighted by Crippen LogP contribution is 2.25. The van der Waals surface area contributed by atoms with Crippen LogP contribution in [0.3, 0.4) is 0 Å². The van der Waals surface area contributed by atoms with Gasteiger partial charge in [-0.05, 0) is 29.4 Å². The van der Waals surface area contributed by atoms with Gasteiger partial charge in [-0.15, -0.1) is 0 Å². The van der Waals surface area contributed by atoms with Crippen LogP contribution in [-0.2, 0) is 9.63 Å². The lowest BCUT2D eigenvalue weighted by Gasteiger charge is -2.09. The number of nitrogens with one attached hydrogen (secondary N) is 1. The van der Waals surface area contributed by atoms with E-state index < -0.39 is 11.9 Å². The summed E-state index contributed by atoms with van der Waals surface area (Å²) in [5.74, 6) is -0.727. The largest absolute Gasteiger partial charge is 0.493 e. The number of fused-ring (bicyclic) bond motifs is 1. The zero-order valence-electron chi connectivity index (χ0n) is 14.5. The number of carbonyl (C=O) groups excluding carboxylic acids is 2. The summed E-state index contributed by atoms with van der Waals surface area (Å²) < 4.78 is 11.0. The Hall–Kier alpha value is -3.32. The first-order chi connectivity index (χ1) is 13.0. The fourth-order valence-electron chi connectivity index (χ4n) is 2.37. The van der Waals surface area contributed by atoms with E-state index in [1.807, 2.05) is 0 Å². The summed E-state index contributed by atoms with van der Waals surface area (Å²) in [5, 5.41) is 7.33. The number of hydrogen-bond donors (Lipinski definition) is 1. The third-order valence-corrected chi connectivity index (χ3v) is 3.91. The number of ether oxygens (including phenoxy) is 1. The molecule has 0 fully saturated rings. The highest BCUT2D eigenvalue weighted by Gasteiger charge is 2.16. The molecule has 0 aliphatic heterocycles. The van der Waals surface area contributed by atoms with Gasteiger partial charge in [-0.2, -0.15) is 0 Å². The SMILES string of the molecule is COc1cccc2cc(C(=O)Nc3ccccc3Cl)/c(=N\OC(C)=O)oc12. The molecule has 3 rings (SSSR count). The smallest absolute Gasteiger partial charge is 0.332 e. The van der Waals surface area contributed by atoms with Crippen molar-refractivity contribution in [3.05, 3.63) is 64.7 Å². The third kappa shape index (κ3) is 4.09. The Kier molecular flexibility index (Phi) is 5.42. The first-order valence-electron chi connectivity index (χ1n) is 7.88. The van der Waals surface area contributed by atoms with Crippen molar-refractivity contribution in [1.82, 2.24) is 0 Å². The number of anilines is 1. The molecule has 2 aromatic carbocycles. The molecule has 138 valence electrons. The van der Waals surface area contributed by atoms with Crippen molar-refractivity contribution in [3.8, 4) is 5.75 Å². The molecule has 0 aliphatic carbocycles. The maximum absolute atomic E-state index is 12.8. The molecule has 0 unspecified atom stereocenters. The van der Waals surface area contributed by atoms with E-state index in [2.05, 4.69) is 15.3 Å². The van der Waals surface area contributed by atoms with Gasteiger partial charge in [0.05, 0.1) is 17.8 Å². The predicted molar refractivity (Wildman–Crippen MR) is 99.5 cm³/mol. The van der Waals surface area contributed by atoms with Crippen LogP contribution in [0.2, 0.25) is 5.02 Å². The van der Waals surface area contributed by atoms with E-state index in [0.717, 1.165) is 0 Å². The maximum atomic E-state index is 12.8. The van der Waals surface area contributed by atoms with Gasteiger partial charge in [-0.25, -0.2) is 4.79 Å². The number of carbonyl (C=O) groups is 2. The highest BCUT2D eigenvalue weighted by atomic mass is 35.5. The molecular weight excluding hydrogens is 372 g/mol. The lowest BCUT2D eigenvalue weighted by atomic mass is 10.1. The van der Waals surface area contributed by atoms with Crippen molar-refractivity contribution < 1.29 is 23.6 Å². The standard InChI is InChI=1S/C19H15ClN2O5/c1-11(23)27-22-19-13(18(24)21-15-8-4-3-7-14(15)20)10-12-6-5-9-16(25-2)17(12)26-19/h3-10H,1-2H3,(H,21,24)/b22-19+. The molecule has 0 atom stereocenters. The van der Waals surface area contributed by atoms with Gasteiger partial charge in [0.1, 0.15) is 5.56 Å². The van der Waals surface area contributed by atoms with Gasteiger partial charge < -0.3 is 19.3 Å². The topological polar surface area (TPSA) is 90.1 Å². The quantitative estimate of drug-likeness (QED) is 0.545. The average Bonchev–Trinajstić information content (AvgIpc) is 2.66. The molecule has 0 saturated carbocycles. The first kappa shape index (κ1) is 18.5. The van der Waals surface area contributed by atoms with E-state index in [0.29, 0.717) is 27.4 Å². The lowest BCUT2D eigenvalue weighted by Crippen LogP contribution is -2.22. The molecule has 0 radical (unpaired) electrons. The Morgan fingerprint density at radius 1 is 1.15 bits per heavy atom. The normalized spacial score (nSPS) is 11.3. The fraction of sp³-hybridized carbons (Fsp3) is 0.105. The highest BCUT2D eigenvalue weighted by molar-refractivity contribution is 6.33. The van der Waals surface area contributed by atoms with E-state index >= 15 is 0 Å². The van der Waals surface area contributed by atoms with Crippen LogP contribution in [0.1, 0.15) is 17.3 Å². The number of rotatable bonds is 4. The van der Waals surface area contributed by atoms with Crippen molar-refractivity contribution >= 4 is 40.1 Å². The Balaban J connectivity index is 2.13. The van der Waals surface area contributed by atoms with Gasteiger partial charge >= 0.3 is 5.97 Å². The molecule has 7 nitrogen and oxygen atoms in total. The number of halogens is 1. The lowest BCUT2D eigenvalue weighted by molar-refractivity contribution is -0.141. The molecule has 0 spiro atoms. The molecule has 1 aromatic heterocycles. The van der Waals surface area contributed by atoms with Gasteiger partial charge in [0.2, 0.25) is 0 Å². The predicted octanol–water partition coefficient (Wildman–Crippen LogP) is 3.73. The second-order valence-electron chi connectivity index (χ2n) is 5.45. The van der Waals surface area contributed by atoms with Crippen LogP contribution in [0.25, 0.3) is 11.0 Å². The van der Waals surface area contributed by atoms with Crippen LogP contribution >= 0.6 is 11.6 Å². The molecule has 0 bridgehead atoms. The van der Waals surface area contributed by atoms with Crippen molar-refractivity contribution in [3.63, 3.8) is 0 Å². The third-order valence-electron chi connectivity index (χ3n) is 3.58. The summed E-state index contributed by atoms with van der Waals surface area (Å²) in [6, 6.07) is 13.6. The first-order valence-corrected chi connectivity index (χ1v) is 8.25. The van der Waals surface area contributed by atoms with Crippen LogP contribution in [0.5, 0.6) is 5.75 Å². The van der Waals surface area contributed by atoms with Gasteiger partial charge in [-0.3, -0.25) is 4.79 Å². The summed E-state index contributed by atoms with van der Waals surface area (Å²) in [6.07, 6.45) is 0. The molecule has 1 N–H and O–H groups in total. The van der Waals surface area contributed by atoms with Crippen LogP contribution in [0.4, 0.5) is 5.69 Å². The molecule has 0 saturated heterocycles. The summed E-state index contributed by atoms with van der Waals surface area (Å²) in [7, 11) is 1.49. The summed E-state index contributed by atoms with van der Waals surface area (Å²) in [5.41, 5.74) is 0.678. The number of hydrogen-bond acceptors (Lipinski definition) is 6. The van der Waals surface area contributed by atoms with Crippen LogP contribution in [-0.4, -0.2) is 19.0 Å². The Morgan fingerprint density at radius 3 is 2.63 bits per heavy atom. The van der Waals surface area contributed by atoms with Crippen molar-refractivity contribution in [1.29, 1.82) is 0 Å². The second kappa shape index (κ2) is 7.92. The number of nitrogens with zero attached hydrogens (tertiary/aromatic N) is 1. The van der Waals surface area contributed by atoms with Gasteiger partial charge in [0, 0.05) is 12.3 Å². The van der Waals surface area contributed by atoms with Gasteiger partial charge in [-0.1, -0.05) is 35.9 Å². The van der Waals surface area contributed by atoms with Crippen LogP contribution < -0.4 is 15.6 Å². The van der Waals surface area contributed by atoms with Crippen LogP contribution in [0, 0.1) is 0 Å². The molecular formula is C19H15ClN2O5. The molecule has 0 aliphatic rings. The maximum Gasteiger partial charge on any atom is 0.332 e. The van der Waals surface area contributed by atoms with E-state index in [1.165, 1.54) is 14.0 Å². The van der Waals surface area contributed by atoms with Gasteiger partial charge in [0.25, 0.3) is 11.5 Å². The minimum Gasteiger partial charge on any atom is -0.493 e. The molecule has 27 heavy (non-hydrogen) atoms. The Morgan fingerprint density at radius 2 is 1.93 bits per heavy atom. The molecule has 1 heterocycles. The van der Waals surface area contributed by atoms with Crippen molar-refractivity contribution in [2.75, 3.05) is 12.4 Å². The van der Waals surface area contributed by atoms with E-state index in [-0.39, 0.29) is 11.1 Å². The van der Waals surface area contributed by atoms with E-state index in [9.17, 15) is 9.59 Å². The number of para-hydroxylation sites is 2. The second-order valence-corrected chi connectivity index (χ2v) is 5.86. The zero-order chi connectivity index (χ0) is 19.4. The monoisotopic (exact) mass is 386 g/mol. The van der Waals surface area contributed by atoms with Crippen molar-refractivity contribution in [2.45, 2.75) is 6.92 Å². The van der Waals surface area contributed by atoms with E-state index in [1.54, 1.807) is 48.5 Å². The van der Waals surface area contributed by atoms with Crippen LogP contribution in [0.15, 0.2) is 58.1 Å². The summed E-state index contributed by atoms with van der Waals surface area (Å²) in [4.78, 5) is 28.5. The number of amides is 1. The molecule has 3 aromatic rings.